The van der Waals surface area contributed by atoms with Gasteiger partial charge in [-0.2, -0.15) is 8.42 Å². The molecule has 78 valence electrons. The lowest BCUT2D eigenvalue weighted by molar-refractivity contribution is 0.381. The van der Waals surface area contributed by atoms with Crippen LogP contribution in [0, 0.1) is 0 Å². The topological polar surface area (TPSA) is 74.6 Å². The van der Waals surface area contributed by atoms with Crippen molar-refractivity contribution in [2.24, 2.45) is 0 Å². The molecule has 0 bridgehead atoms. The largest absolute Gasteiger partial charge is 0.394 e. The van der Waals surface area contributed by atoms with Gasteiger partial charge in [0.15, 0.2) is 0 Å². The number of benzene rings is 2. The van der Waals surface area contributed by atoms with E-state index in [1.165, 1.54) is 21.9 Å². The summed E-state index contributed by atoms with van der Waals surface area (Å²) in [5, 5.41) is 2.86. The van der Waals surface area contributed by atoms with Crippen LogP contribution in [0.5, 0.6) is 0 Å². The normalized spacial score (nSPS) is 11.9. The standard InChI is InChI=1S/C10H6.H2O4S/c1-2-4-8-7(3-1)9-5-6-10(8)9;1-5(2,3)4/h1-6H;(H2,1,2,3,4). The molecule has 0 saturated carbocycles. The van der Waals surface area contributed by atoms with Crippen LogP contribution in [-0.2, 0) is 10.4 Å². The Balaban J connectivity index is 0.000000149. The summed E-state index contributed by atoms with van der Waals surface area (Å²) in [6.07, 6.45) is 0. The lowest BCUT2D eigenvalue weighted by Crippen LogP contribution is -1.93. The molecule has 2 aliphatic rings. The van der Waals surface area contributed by atoms with E-state index in [0.717, 1.165) is 0 Å². The highest BCUT2D eigenvalue weighted by Gasteiger charge is 2.16. The second-order valence-corrected chi connectivity index (χ2v) is 4.05. The molecule has 1 aromatic carbocycles. The molecule has 0 saturated heterocycles. The van der Waals surface area contributed by atoms with Crippen LogP contribution in [0.1, 0.15) is 0 Å². The molecule has 0 aliphatic heterocycles. The summed E-state index contributed by atoms with van der Waals surface area (Å²) >= 11 is 0. The van der Waals surface area contributed by atoms with Crippen molar-refractivity contribution in [1.82, 2.24) is 0 Å². The summed E-state index contributed by atoms with van der Waals surface area (Å²) in [4.78, 5) is 0. The summed E-state index contributed by atoms with van der Waals surface area (Å²) in [5.74, 6) is 0. The minimum atomic E-state index is -4.67. The van der Waals surface area contributed by atoms with Gasteiger partial charge in [-0.3, -0.25) is 9.11 Å². The second kappa shape index (κ2) is 3.30. The van der Waals surface area contributed by atoms with Gasteiger partial charge in [0, 0.05) is 0 Å². The molecular weight excluding hydrogens is 216 g/mol. The summed E-state index contributed by atoms with van der Waals surface area (Å²) in [6, 6.07) is 12.9. The zero-order valence-corrected chi connectivity index (χ0v) is 8.40. The Morgan fingerprint density at radius 1 is 0.800 bits per heavy atom. The number of rotatable bonds is 0. The van der Waals surface area contributed by atoms with Crippen molar-refractivity contribution in [1.29, 1.82) is 0 Å². The Bertz CT molecular complexity index is 567. The van der Waals surface area contributed by atoms with Crippen LogP contribution < -0.4 is 0 Å². The van der Waals surface area contributed by atoms with Gasteiger partial charge in [0.1, 0.15) is 0 Å². The fourth-order valence-electron chi connectivity index (χ4n) is 1.61. The number of hydrogen-bond donors (Lipinski definition) is 2. The zero-order valence-electron chi connectivity index (χ0n) is 7.58. The van der Waals surface area contributed by atoms with Gasteiger partial charge in [-0.25, -0.2) is 0 Å². The second-order valence-electron chi connectivity index (χ2n) is 3.15. The smallest absolute Gasteiger partial charge is 0.264 e. The molecule has 0 aromatic heterocycles. The molecule has 0 atom stereocenters. The van der Waals surface area contributed by atoms with E-state index in [1.54, 1.807) is 0 Å². The molecule has 15 heavy (non-hydrogen) atoms. The maximum atomic E-state index is 8.74. The van der Waals surface area contributed by atoms with E-state index < -0.39 is 10.4 Å². The third kappa shape index (κ3) is 1.99. The van der Waals surface area contributed by atoms with E-state index in [2.05, 4.69) is 36.4 Å². The molecule has 5 heteroatoms. The summed E-state index contributed by atoms with van der Waals surface area (Å²) in [7, 11) is -4.67. The van der Waals surface area contributed by atoms with Crippen LogP contribution in [0.3, 0.4) is 0 Å². The number of fused-ring (bicyclic) bond motifs is 4. The highest BCUT2D eigenvalue weighted by Crippen LogP contribution is 2.43. The fourth-order valence-corrected chi connectivity index (χ4v) is 1.61. The van der Waals surface area contributed by atoms with Crippen LogP contribution in [0.25, 0.3) is 21.9 Å². The average Bonchev–Trinajstić information content (AvgIpc) is 2.03. The predicted molar refractivity (Wildman–Crippen MR) is 57.1 cm³/mol. The van der Waals surface area contributed by atoms with Crippen LogP contribution in [0.4, 0.5) is 0 Å². The molecule has 0 heterocycles. The first-order valence-electron chi connectivity index (χ1n) is 4.19. The van der Waals surface area contributed by atoms with E-state index >= 15 is 0 Å². The maximum absolute atomic E-state index is 8.74. The van der Waals surface area contributed by atoms with Gasteiger partial charge in [-0.15, -0.1) is 0 Å². The molecule has 2 N–H and O–H groups in total. The first-order chi connectivity index (χ1) is 6.97. The Morgan fingerprint density at radius 3 is 1.40 bits per heavy atom. The Hall–Kier alpha value is -1.43. The lowest BCUT2D eigenvalue weighted by atomic mass is 9.83. The summed E-state index contributed by atoms with van der Waals surface area (Å²) in [6.45, 7) is 0. The minimum Gasteiger partial charge on any atom is -0.264 e. The molecule has 1 aromatic rings. The molecule has 0 amide bonds. The van der Waals surface area contributed by atoms with Gasteiger partial charge < -0.3 is 0 Å². The van der Waals surface area contributed by atoms with Crippen molar-refractivity contribution in [2.45, 2.75) is 0 Å². The number of hydrogen-bond acceptors (Lipinski definition) is 2. The molecular formula is C10H8O4S. The van der Waals surface area contributed by atoms with E-state index in [1.807, 2.05) is 0 Å². The third-order valence-corrected chi connectivity index (χ3v) is 2.21. The van der Waals surface area contributed by atoms with E-state index in [-0.39, 0.29) is 0 Å². The Kier molecular flexibility index (Phi) is 2.22. The molecule has 0 spiro atoms. The third-order valence-electron chi connectivity index (χ3n) is 2.21. The maximum Gasteiger partial charge on any atom is 0.394 e. The average molecular weight is 224 g/mol. The van der Waals surface area contributed by atoms with Gasteiger partial charge >= 0.3 is 10.4 Å². The Labute approximate surface area is 86.7 Å². The first-order valence-corrected chi connectivity index (χ1v) is 5.58. The van der Waals surface area contributed by atoms with Crippen molar-refractivity contribution >= 4 is 21.2 Å². The molecule has 3 rings (SSSR count). The summed E-state index contributed by atoms with van der Waals surface area (Å²) < 4.78 is 31.6. The highest BCUT2D eigenvalue weighted by atomic mass is 32.3. The monoisotopic (exact) mass is 224 g/mol. The van der Waals surface area contributed by atoms with Crippen LogP contribution in [0.2, 0.25) is 0 Å². The van der Waals surface area contributed by atoms with Gasteiger partial charge in [0.05, 0.1) is 0 Å². The Morgan fingerprint density at radius 2 is 1.13 bits per heavy atom. The lowest BCUT2D eigenvalue weighted by Gasteiger charge is -2.20. The van der Waals surface area contributed by atoms with Crippen LogP contribution in [0.15, 0.2) is 36.4 Å². The van der Waals surface area contributed by atoms with Gasteiger partial charge in [-0.05, 0) is 21.9 Å². The fraction of sp³-hybridized carbons (Fsp3) is 0. The minimum absolute atomic E-state index is 1.43. The van der Waals surface area contributed by atoms with Crippen LogP contribution >= 0.6 is 0 Å². The summed E-state index contributed by atoms with van der Waals surface area (Å²) in [5.41, 5.74) is 2.91. The molecule has 0 fully saturated rings. The van der Waals surface area contributed by atoms with Gasteiger partial charge in [0.2, 0.25) is 0 Å². The zero-order chi connectivity index (χ0) is 11.1. The molecule has 4 nitrogen and oxygen atoms in total. The van der Waals surface area contributed by atoms with Crippen molar-refractivity contribution in [3.63, 3.8) is 0 Å². The first kappa shape index (κ1) is 10.1. The van der Waals surface area contributed by atoms with Crippen molar-refractivity contribution in [3.8, 4) is 11.1 Å². The van der Waals surface area contributed by atoms with E-state index in [4.69, 9.17) is 17.5 Å². The molecule has 0 radical (unpaired) electrons. The quantitative estimate of drug-likeness (QED) is 0.574. The SMILES string of the molecule is O=S(=O)(O)O.c1ccc2c3ccc-3c2c1. The van der Waals surface area contributed by atoms with Crippen LogP contribution in [-0.4, -0.2) is 17.5 Å². The van der Waals surface area contributed by atoms with Gasteiger partial charge in [0.25, 0.3) is 0 Å². The molecule has 0 unspecified atom stereocenters. The van der Waals surface area contributed by atoms with Crippen molar-refractivity contribution in [3.05, 3.63) is 36.4 Å². The predicted octanol–water partition coefficient (Wildman–Crippen LogP) is 2.17. The van der Waals surface area contributed by atoms with Gasteiger partial charge in [-0.1, -0.05) is 36.4 Å². The molecule has 2 aliphatic carbocycles. The van der Waals surface area contributed by atoms with E-state index in [9.17, 15) is 0 Å². The van der Waals surface area contributed by atoms with E-state index in [0.29, 0.717) is 0 Å². The highest BCUT2D eigenvalue weighted by molar-refractivity contribution is 7.79. The van der Waals surface area contributed by atoms with Crippen molar-refractivity contribution in [2.75, 3.05) is 0 Å². The van der Waals surface area contributed by atoms with Crippen molar-refractivity contribution < 1.29 is 17.5 Å².